The predicted molar refractivity (Wildman–Crippen MR) is 73.1 cm³/mol. The fraction of sp³-hybridized carbons (Fsp3) is 0.692. The number of rotatable bonds is 4. The van der Waals surface area contributed by atoms with E-state index in [4.69, 9.17) is 15.3 Å². The van der Waals surface area contributed by atoms with Crippen LogP contribution in [0.4, 0.5) is 0 Å². The zero-order chi connectivity index (χ0) is 14.9. The van der Waals surface area contributed by atoms with Gasteiger partial charge in [-0.25, -0.2) is 9.59 Å². The number of unbranched alkanes of at least 4 members (excludes halogenated alkanes) is 1. The number of carboxylic acids is 2. The SMILES string of the molecule is C1CCNCC1.CCCCO.O=C(O)C=CC(=O)O. The Morgan fingerprint density at radius 1 is 1.05 bits per heavy atom. The summed E-state index contributed by atoms with van der Waals surface area (Å²) >= 11 is 0. The topological polar surface area (TPSA) is 107 Å². The first-order chi connectivity index (χ1) is 9.04. The molecule has 1 aliphatic rings. The van der Waals surface area contributed by atoms with E-state index in [0.717, 1.165) is 12.8 Å². The number of piperidine rings is 1. The third kappa shape index (κ3) is 26.3. The minimum Gasteiger partial charge on any atom is -0.478 e. The lowest BCUT2D eigenvalue weighted by atomic mass is 10.2. The normalized spacial score (nSPS) is 13.8. The Morgan fingerprint density at radius 3 is 1.63 bits per heavy atom. The Labute approximate surface area is 114 Å². The van der Waals surface area contributed by atoms with Crippen molar-refractivity contribution in [1.29, 1.82) is 0 Å². The van der Waals surface area contributed by atoms with Gasteiger partial charge in [0.2, 0.25) is 0 Å². The van der Waals surface area contributed by atoms with E-state index in [1.165, 1.54) is 32.4 Å². The molecule has 0 aliphatic carbocycles. The van der Waals surface area contributed by atoms with E-state index < -0.39 is 11.9 Å². The summed E-state index contributed by atoms with van der Waals surface area (Å²) in [6.45, 7) is 4.90. The maximum atomic E-state index is 9.55. The molecule has 1 saturated heterocycles. The van der Waals surface area contributed by atoms with Crippen LogP contribution in [-0.4, -0.2) is 47.0 Å². The molecular weight excluding hydrogens is 250 g/mol. The molecule has 0 saturated carbocycles. The lowest BCUT2D eigenvalue weighted by Crippen LogP contribution is -2.21. The van der Waals surface area contributed by atoms with Crippen LogP contribution < -0.4 is 5.32 Å². The van der Waals surface area contributed by atoms with Gasteiger partial charge in [0.1, 0.15) is 0 Å². The molecule has 0 aromatic rings. The molecule has 0 amide bonds. The minimum absolute atomic E-state index is 0.344. The highest BCUT2D eigenvalue weighted by Gasteiger charge is 1.93. The number of aliphatic carboxylic acids is 2. The van der Waals surface area contributed by atoms with Crippen molar-refractivity contribution in [3.8, 4) is 0 Å². The fourth-order valence-electron chi connectivity index (χ4n) is 1.10. The molecule has 0 spiro atoms. The third-order valence-corrected chi connectivity index (χ3v) is 2.09. The van der Waals surface area contributed by atoms with Gasteiger partial charge in [0.25, 0.3) is 0 Å². The van der Waals surface area contributed by atoms with E-state index in [2.05, 4.69) is 12.2 Å². The standard InChI is InChI=1S/C5H11N.C4H4O4.C4H10O/c1-2-4-6-5-3-1;5-3(6)1-2-4(7)8;1-2-3-4-5/h6H,1-5H2;1-2H,(H,5,6)(H,7,8);5H,2-4H2,1H3. The van der Waals surface area contributed by atoms with Crippen LogP contribution in [0.1, 0.15) is 39.0 Å². The van der Waals surface area contributed by atoms with Gasteiger partial charge in [-0.15, -0.1) is 0 Å². The summed E-state index contributed by atoms with van der Waals surface area (Å²) in [5.74, 6) is -2.51. The van der Waals surface area contributed by atoms with E-state index >= 15 is 0 Å². The monoisotopic (exact) mass is 275 g/mol. The lowest BCUT2D eigenvalue weighted by molar-refractivity contribution is -0.134. The number of carboxylic acid groups (broad SMARTS) is 2. The Bertz CT molecular complexity index is 220. The highest BCUT2D eigenvalue weighted by molar-refractivity contribution is 5.89. The van der Waals surface area contributed by atoms with E-state index in [0.29, 0.717) is 18.8 Å². The molecule has 0 aromatic carbocycles. The van der Waals surface area contributed by atoms with Gasteiger partial charge in [-0.3, -0.25) is 0 Å². The van der Waals surface area contributed by atoms with Gasteiger partial charge in [0, 0.05) is 18.8 Å². The average Bonchev–Trinajstić information content (AvgIpc) is 2.41. The van der Waals surface area contributed by atoms with E-state index in [-0.39, 0.29) is 0 Å². The molecule has 1 aliphatic heterocycles. The van der Waals surface area contributed by atoms with E-state index in [1.807, 2.05) is 0 Å². The smallest absolute Gasteiger partial charge is 0.328 e. The number of aliphatic hydroxyl groups excluding tert-OH is 1. The molecular formula is C13H25NO5. The van der Waals surface area contributed by atoms with Crippen LogP contribution >= 0.6 is 0 Å². The Hall–Kier alpha value is -1.40. The van der Waals surface area contributed by atoms with Crippen molar-refractivity contribution in [2.24, 2.45) is 0 Å². The van der Waals surface area contributed by atoms with Crippen LogP contribution in [0.25, 0.3) is 0 Å². The second kappa shape index (κ2) is 16.6. The molecule has 0 unspecified atom stereocenters. The van der Waals surface area contributed by atoms with Crippen molar-refractivity contribution in [3.63, 3.8) is 0 Å². The second-order valence-corrected chi connectivity index (χ2v) is 3.90. The molecule has 0 aromatic heterocycles. The maximum Gasteiger partial charge on any atom is 0.328 e. The highest BCUT2D eigenvalue weighted by atomic mass is 16.4. The molecule has 6 nitrogen and oxygen atoms in total. The summed E-state index contributed by atoms with van der Waals surface area (Å²) in [4.78, 5) is 19.1. The summed E-state index contributed by atoms with van der Waals surface area (Å²) in [6.07, 6.45) is 7.37. The van der Waals surface area contributed by atoms with Gasteiger partial charge in [0.15, 0.2) is 0 Å². The molecule has 6 heteroatoms. The van der Waals surface area contributed by atoms with Crippen molar-refractivity contribution in [2.75, 3.05) is 19.7 Å². The average molecular weight is 275 g/mol. The van der Waals surface area contributed by atoms with Gasteiger partial charge >= 0.3 is 11.9 Å². The van der Waals surface area contributed by atoms with E-state index in [9.17, 15) is 9.59 Å². The number of hydrogen-bond donors (Lipinski definition) is 4. The second-order valence-electron chi connectivity index (χ2n) is 3.90. The highest BCUT2D eigenvalue weighted by Crippen LogP contribution is 1.96. The van der Waals surface area contributed by atoms with Crippen molar-refractivity contribution in [3.05, 3.63) is 12.2 Å². The van der Waals surface area contributed by atoms with Crippen LogP contribution in [-0.2, 0) is 9.59 Å². The zero-order valence-electron chi connectivity index (χ0n) is 11.5. The third-order valence-electron chi connectivity index (χ3n) is 2.09. The number of carbonyl (C=O) groups is 2. The maximum absolute atomic E-state index is 9.55. The Balaban J connectivity index is 0. The van der Waals surface area contributed by atoms with Crippen LogP contribution in [0, 0.1) is 0 Å². The molecule has 19 heavy (non-hydrogen) atoms. The summed E-state index contributed by atoms with van der Waals surface area (Å²) in [5, 5.41) is 27.0. The molecule has 0 bridgehead atoms. The van der Waals surface area contributed by atoms with Crippen LogP contribution in [0.5, 0.6) is 0 Å². The molecule has 0 atom stereocenters. The minimum atomic E-state index is -1.26. The van der Waals surface area contributed by atoms with Crippen molar-refractivity contribution in [1.82, 2.24) is 5.32 Å². The molecule has 112 valence electrons. The van der Waals surface area contributed by atoms with Crippen molar-refractivity contribution >= 4 is 11.9 Å². The molecule has 0 radical (unpaired) electrons. The molecule has 4 N–H and O–H groups in total. The summed E-state index contributed by atoms with van der Waals surface area (Å²) in [7, 11) is 0. The zero-order valence-corrected chi connectivity index (χ0v) is 11.5. The predicted octanol–water partition coefficient (Wildman–Crippen LogP) is 1.25. The summed E-state index contributed by atoms with van der Waals surface area (Å²) in [5.41, 5.74) is 0. The lowest BCUT2D eigenvalue weighted by Gasteiger charge is -2.08. The Kier molecular flexibility index (Phi) is 17.4. The van der Waals surface area contributed by atoms with Gasteiger partial charge in [0.05, 0.1) is 0 Å². The molecule has 1 fully saturated rings. The first-order valence-corrected chi connectivity index (χ1v) is 6.50. The summed E-state index contributed by atoms with van der Waals surface area (Å²) in [6, 6.07) is 0. The number of aliphatic hydroxyl groups is 1. The van der Waals surface area contributed by atoms with Crippen LogP contribution in [0.15, 0.2) is 12.2 Å². The largest absolute Gasteiger partial charge is 0.478 e. The van der Waals surface area contributed by atoms with E-state index in [1.54, 1.807) is 0 Å². The van der Waals surface area contributed by atoms with Gasteiger partial charge in [-0.05, 0) is 32.4 Å². The van der Waals surface area contributed by atoms with Gasteiger partial charge in [-0.1, -0.05) is 19.8 Å². The van der Waals surface area contributed by atoms with Crippen LogP contribution in [0.2, 0.25) is 0 Å². The molecule has 1 heterocycles. The number of hydrogen-bond acceptors (Lipinski definition) is 4. The quantitative estimate of drug-likeness (QED) is 0.575. The van der Waals surface area contributed by atoms with Gasteiger partial charge in [-0.2, -0.15) is 0 Å². The Morgan fingerprint density at radius 2 is 1.53 bits per heavy atom. The van der Waals surface area contributed by atoms with Crippen LogP contribution in [0.3, 0.4) is 0 Å². The summed E-state index contributed by atoms with van der Waals surface area (Å²) < 4.78 is 0. The number of nitrogens with one attached hydrogen (secondary N) is 1. The van der Waals surface area contributed by atoms with Gasteiger partial charge < -0.3 is 20.6 Å². The van der Waals surface area contributed by atoms with Crippen molar-refractivity contribution in [2.45, 2.75) is 39.0 Å². The molecule has 1 rings (SSSR count). The van der Waals surface area contributed by atoms with Crippen molar-refractivity contribution < 1.29 is 24.9 Å². The fourth-order valence-corrected chi connectivity index (χ4v) is 1.10. The first kappa shape index (κ1) is 19.9. The first-order valence-electron chi connectivity index (χ1n) is 6.50.